The van der Waals surface area contributed by atoms with Crippen molar-refractivity contribution in [3.8, 4) is 5.75 Å². The second-order valence-electron chi connectivity index (χ2n) is 4.86. The maximum atomic E-state index is 12.1. The lowest BCUT2D eigenvalue weighted by Crippen LogP contribution is -2.34. The second-order valence-corrected chi connectivity index (χ2v) is 4.86. The molecule has 0 spiro atoms. The van der Waals surface area contributed by atoms with Gasteiger partial charge in [0.15, 0.2) is 0 Å². The summed E-state index contributed by atoms with van der Waals surface area (Å²) in [4.78, 5) is 24.1. The van der Waals surface area contributed by atoms with Crippen LogP contribution in [0.15, 0.2) is 24.3 Å². The predicted octanol–water partition coefficient (Wildman–Crippen LogP) is 1.81. The highest BCUT2D eigenvalue weighted by Crippen LogP contribution is 2.15. The summed E-state index contributed by atoms with van der Waals surface area (Å²) in [7, 11) is 3.24. The van der Waals surface area contributed by atoms with Crippen LogP contribution >= 0.6 is 0 Å². The topological polar surface area (TPSA) is 66.8 Å². The Hall–Kier alpha value is -2.04. The first-order valence-electron chi connectivity index (χ1n) is 6.53. The molecular formula is C15H21NO4. The molecule has 20 heavy (non-hydrogen) atoms. The number of carboxylic acids is 1. The van der Waals surface area contributed by atoms with Gasteiger partial charge in [0.05, 0.1) is 13.5 Å². The summed E-state index contributed by atoms with van der Waals surface area (Å²) < 4.78 is 5.08. The van der Waals surface area contributed by atoms with Gasteiger partial charge in [-0.05, 0) is 24.1 Å². The van der Waals surface area contributed by atoms with Crippen molar-refractivity contribution >= 4 is 11.9 Å². The number of benzene rings is 1. The summed E-state index contributed by atoms with van der Waals surface area (Å²) in [5.41, 5.74) is 1.05. The van der Waals surface area contributed by atoms with Crippen molar-refractivity contribution in [2.45, 2.75) is 19.8 Å². The Bertz CT molecular complexity index is 455. The molecule has 0 aliphatic carbocycles. The molecule has 1 unspecified atom stereocenters. The highest BCUT2D eigenvalue weighted by atomic mass is 16.5. The fourth-order valence-electron chi connectivity index (χ4n) is 1.95. The monoisotopic (exact) mass is 279 g/mol. The van der Waals surface area contributed by atoms with E-state index in [-0.39, 0.29) is 24.8 Å². The molecule has 0 saturated carbocycles. The predicted molar refractivity (Wildman–Crippen MR) is 75.8 cm³/mol. The standard InChI is InChI=1S/C15H21NO4/c1-11(15(19)16(2)9-8-14(17)18)10-12-4-6-13(20-3)7-5-12/h4-7,11H,8-10H2,1-3H3,(H,17,18). The Labute approximate surface area is 119 Å². The molecule has 5 nitrogen and oxygen atoms in total. The van der Waals surface area contributed by atoms with E-state index in [4.69, 9.17) is 9.84 Å². The number of rotatable bonds is 7. The number of ether oxygens (including phenoxy) is 1. The SMILES string of the molecule is COc1ccc(CC(C)C(=O)N(C)CCC(=O)O)cc1. The smallest absolute Gasteiger partial charge is 0.305 e. The lowest BCUT2D eigenvalue weighted by atomic mass is 10.00. The van der Waals surface area contributed by atoms with Gasteiger partial charge in [-0.25, -0.2) is 0 Å². The molecule has 0 aliphatic heterocycles. The molecule has 0 fully saturated rings. The summed E-state index contributed by atoms with van der Waals surface area (Å²) in [6.45, 7) is 2.09. The zero-order valence-electron chi connectivity index (χ0n) is 12.1. The number of hydrogen-bond acceptors (Lipinski definition) is 3. The van der Waals surface area contributed by atoms with Crippen LogP contribution in [0.2, 0.25) is 0 Å². The van der Waals surface area contributed by atoms with Crippen LogP contribution < -0.4 is 4.74 Å². The van der Waals surface area contributed by atoms with Gasteiger partial charge in [0, 0.05) is 19.5 Å². The van der Waals surface area contributed by atoms with Crippen molar-refractivity contribution in [3.05, 3.63) is 29.8 Å². The maximum absolute atomic E-state index is 12.1. The fraction of sp³-hybridized carbons (Fsp3) is 0.467. The maximum Gasteiger partial charge on any atom is 0.305 e. The van der Waals surface area contributed by atoms with Crippen molar-refractivity contribution in [1.82, 2.24) is 4.90 Å². The van der Waals surface area contributed by atoms with E-state index in [2.05, 4.69) is 0 Å². The second kappa shape index (κ2) is 7.53. The Morgan fingerprint density at radius 1 is 1.30 bits per heavy atom. The molecule has 1 aromatic rings. The Morgan fingerprint density at radius 2 is 1.90 bits per heavy atom. The minimum Gasteiger partial charge on any atom is -0.497 e. The van der Waals surface area contributed by atoms with Gasteiger partial charge in [-0.1, -0.05) is 19.1 Å². The third-order valence-electron chi connectivity index (χ3n) is 3.16. The molecule has 1 amide bonds. The van der Waals surface area contributed by atoms with E-state index in [1.807, 2.05) is 31.2 Å². The number of carboxylic acid groups (broad SMARTS) is 1. The number of carbonyl (C=O) groups excluding carboxylic acids is 1. The summed E-state index contributed by atoms with van der Waals surface area (Å²) in [6, 6.07) is 7.58. The Balaban J connectivity index is 2.53. The number of methoxy groups -OCH3 is 1. The van der Waals surface area contributed by atoms with Gasteiger partial charge < -0.3 is 14.7 Å². The van der Waals surface area contributed by atoms with E-state index in [1.54, 1.807) is 14.2 Å². The summed E-state index contributed by atoms with van der Waals surface area (Å²) in [5.74, 6) is -0.331. The lowest BCUT2D eigenvalue weighted by Gasteiger charge is -2.20. The van der Waals surface area contributed by atoms with E-state index in [0.29, 0.717) is 6.42 Å². The molecule has 0 bridgehead atoms. The van der Waals surface area contributed by atoms with Crippen LogP contribution in [-0.2, 0) is 16.0 Å². The van der Waals surface area contributed by atoms with Crippen LogP contribution in [0.3, 0.4) is 0 Å². The molecule has 0 radical (unpaired) electrons. The average Bonchev–Trinajstić information content (AvgIpc) is 2.44. The number of nitrogens with zero attached hydrogens (tertiary/aromatic N) is 1. The van der Waals surface area contributed by atoms with Gasteiger partial charge in [-0.15, -0.1) is 0 Å². The molecule has 1 aromatic carbocycles. The van der Waals surface area contributed by atoms with Crippen LogP contribution in [0.5, 0.6) is 5.75 Å². The molecule has 0 heterocycles. The average molecular weight is 279 g/mol. The number of aliphatic carboxylic acids is 1. The van der Waals surface area contributed by atoms with Gasteiger partial charge in [0.25, 0.3) is 0 Å². The van der Waals surface area contributed by atoms with Gasteiger partial charge in [0.1, 0.15) is 5.75 Å². The van der Waals surface area contributed by atoms with Crippen molar-refractivity contribution in [1.29, 1.82) is 0 Å². The van der Waals surface area contributed by atoms with E-state index < -0.39 is 5.97 Å². The van der Waals surface area contributed by atoms with E-state index in [0.717, 1.165) is 11.3 Å². The minimum atomic E-state index is -0.896. The molecule has 0 saturated heterocycles. The number of amides is 1. The highest BCUT2D eigenvalue weighted by molar-refractivity contribution is 5.79. The van der Waals surface area contributed by atoms with Gasteiger partial charge >= 0.3 is 5.97 Å². The van der Waals surface area contributed by atoms with Crippen molar-refractivity contribution in [2.24, 2.45) is 5.92 Å². The van der Waals surface area contributed by atoms with Gasteiger partial charge in [-0.2, -0.15) is 0 Å². The molecule has 1 N–H and O–H groups in total. The van der Waals surface area contributed by atoms with E-state index in [9.17, 15) is 9.59 Å². The van der Waals surface area contributed by atoms with Gasteiger partial charge in [0.2, 0.25) is 5.91 Å². The summed E-state index contributed by atoms with van der Waals surface area (Å²) in [5, 5.41) is 8.62. The largest absolute Gasteiger partial charge is 0.497 e. The van der Waals surface area contributed by atoms with Gasteiger partial charge in [-0.3, -0.25) is 9.59 Å². The van der Waals surface area contributed by atoms with Crippen molar-refractivity contribution in [2.75, 3.05) is 20.7 Å². The third kappa shape index (κ3) is 4.91. The van der Waals surface area contributed by atoms with Crippen LogP contribution in [-0.4, -0.2) is 42.6 Å². The first-order valence-corrected chi connectivity index (χ1v) is 6.53. The zero-order valence-corrected chi connectivity index (χ0v) is 12.1. The highest BCUT2D eigenvalue weighted by Gasteiger charge is 2.18. The summed E-state index contributed by atoms with van der Waals surface area (Å²) >= 11 is 0. The normalized spacial score (nSPS) is 11.8. The number of carbonyl (C=O) groups is 2. The molecule has 0 aliphatic rings. The minimum absolute atomic E-state index is 0.0303. The zero-order chi connectivity index (χ0) is 15.1. The van der Waals surface area contributed by atoms with Crippen LogP contribution in [0, 0.1) is 5.92 Å². The molecule has 1 atom stereocenters. The lowest BCUT2D eigenvalue weighted by molar-refractivity contribution is -0.139. The van der Waals surface area contributed by atoms with Crippen LogP contribution in [0.4, 0.5) is 0 Å². The van der Waals surface area contributed by atoms with E-state index in [1.165, 1.54) is 4.90 Å². The Kier molecular flexibility index (Phi) is 6.03. The molecule has 5 heteroatoms. The van der Waals surface area contributed by atoms with Crippen molar-refractivity contribution < 1.29 is 19.4 Å². The first kappa shape index (κ1) is 16.0. The quantitative estimate of drug-likeness (QED) is 0.826. The van der Waals surface area contributed by atoms with E-state index >= 15 is 0 Å². The first-order chi connectivity index (χ1) is 9.43. The molecule has 1 rings (SSSR count). The molecular weight excluding hydrogens is 258 g/mol. The third-order valence-corrected chi connectivity index (χ3v) is 3.16. The summed E-state index contributed by atoms with van der Waals surface area (Å²) in [6.07, 6.45) is 0.595. The van der Waals surface area contributed by atoms with Crippen LogP contribution in [0.25, 0.3) is 0 Å². The number of hydrogen-bond donors (Lipinski definition) is 1. The Morgan fingerprint density at radius 3 is 2.40 bits per heavy atom. The fourth-order valence-corrected chi connectivity index (χ4v) is 1.95. The molecule has 0 aromatic heterocycles. The van der Waals surface area contributed by atoms with Crippen molar-refractivity contribution in [3.63, 3.8) is 0 Å². The van der Waals surface area contributed by atoms with Crippen LogP contribution in [0.1, 0.15) is 18.9 Å². The molecule has 110 valence electrons.